The Labute approximate surface area is 184 Å². The Balaban J connectivity index is 1.40. The zero-order chi connectivity index (χ0) is 21.9. The van der Waals surface area contributed by atoms with E-state index in [2.05, 4.69) is 31.7 Å². The topological polar surface area (TPSA) is 79.8 Å². The van der Waals surface area contributed by atoms with Gasteiger partial charge in [0.25, 0.3) is 5.91 Å². The van der Waals surface area contributed by atoms with E-state index in [0.29, 0.717) is 22.6 Å². The van der Waals surface area contributed by atoms with Crippen LogP contribution in [0.5, 0.6) is 0 Å². The zero-order valence-corrected chi connectivity index (χ0v) is 17.2. The van der Waals surface area contributed by atoms with Gasteiger partial charge in [0.2, 0.25) is 0 Å². The number of benzene rings is 2. The number of fused-ring (bicyclic) bond motifs is 1. The highest BCUT2D eigenvalue weighted by Crippen LogP contribution is 2.29. The van der Waals surface area contributed by atoms with E-state index in [9.17, 15) is 9.18 Å². The van der Waals surface area contributed by atoms with Gasteiger partial charge in [-0.25, -0.2) is 19.3 Å². The maximum Gasteiger partial charge on any atom is 0.255 e. The van der Waals surface area contributed by atoms with Crippen molar-refractivity contribution in [3.05, 3.63) is 95.8 Å². The van der Waals surface area contributed by atoms with Gasteiger partial charge in [0.1, 0.15) is 18.0 Å². The van der Waals surface area contributed by atoms with Gasteiger partial charge in [-0.1, -0.05) is 6.07 Å². The van der Waals surface area contributed by atoms with Crippen LogP contribution in [0.3, 0.4) is 0 Å². The van der Waals surface area contributed by atoms with Gasteiger partial charge in [-0.3, -0.25) is 4.79 Å². The third kappa shape index (κ3) is 4.05. The van der Waals surface area contributed by atoms with Gasteiger partial charge in [-0.05, 0) is 78.9 Å². The van der Waals surface area contributed by atoms with Gasteiger partial charge < -0.3 is 10.6 Å². The number of carbonyl (C=O) groups excluding carboxylic acids is 1. The summed E-state index contributed by atoms with van der Waals surface area (Å²) in [5, 5.41) is 5.92. The monoisotopic (exact) mass is 425 g/mol. The molecule has 2 aromatic carbocycles. The molecule has 0 aliphatic heterocycles. The number of pyridine rings is 1. The van der Waals surface area contributed by atoms with Crippen molar-refractivity contribution in [3.63, 3.8) is 0 Å². The Bertz CT molecular complexity index is 1290. The number of rotatable bonds is 5. The molecule has 1 aliphatic rings. The number of halogens is 1. The second kappa shape index (κ2) is 8.55. The van der Waals surface area contributed by atoms with Crippen LogP contribution >= 0.6 is 0 Å². The molecule has 0 radical (unpaired) electrons. The highest BCUT2D eigenvalue weighted by molar-refractivity contribution is 6.05. The van der Waals surface area contributed by atoms with Crippen molar-refractivity contribution in [3.8, 4) is 11.3 Å². The van der Waals surface area contributed by atoms with E-state index in [1.54, 1.807) is 24.5 Å². The minimum Gasteiger partial charge on any atom is -0.337 e. The highest BCUT2D eigenvalue weighted by Gasteiger charge is 2.15. The van der Waals surface area contributed by atoms with Crippen LogP contribution in [-0.4, -0.2) is 20.9 Å². The predicted molar refractivity (Wildman–Crippen MR) is 121 cm³/mol. The maximum absolute atomic E-state index is 14.6. The number of nitrogens with zero attached hydrogens (tertiary/aromatic N) is 3. The van der Waals surface area contributed by atoms with Crippen molar-refractivity contribution in [1.82, 2.24) is 15.0 Å². The number of aromatic nitrogens is 3. The van der Waals surface area contributed by atoms with Crippen LogP contribution in [-0.2, 0) is 12.8 Å². The van der Waals surface area contributed by atoms with Crippen molar-refractivity contribution >= 4 is 23.1 Å². The highest BCUT2D eigenvalue weighted by atomic mass is 19.1. The lowest BCUT2D eigenvalue weighted by atomic mass is 10.1. The summed E-state index contributed by atoms with van der Waals surface area (Å²) < 4.78 is 14.6. The number of carbonyl (C=O) groups is 1. The molecule has 6 nitrogen and oxygen atoms in total. The summed E-state index contributed by atoms with van der Waals surface area (Å²) in [6.45, 7) is 0. The molecule has 0 unspecified atom stereocenters. The number of aryl methyl sites for hydroxylation is 2. The summed E-state index contributed by atoms with van der Waals surface area (Å²) in [6.07, 6.45) is 7.93. The number of anilines is 3. The standard InChI is InChI=1S/C25H20FN5O/c26-21-9-7-18(25(32)30-19-8-6-16-3-1-4-17(16)13-19)14-23(21)31-24-20(5-2-11-28-24)22-10-12-27-15-29-22/h2,5-15H,1,3-4H2,(H,28,31)(H,30,32). The van der Waals surface area contributed by atoms with E-state index in [1.807, 2.05) is 18.2 Å². The van der Waals surface area contributed by atoms with E-state index >= 15 is 0 Å². The second-order valence-corrected chi connectivity index (χ2v) is 7.60. The SMILES string of the molecule is O=C(Nc1ccc2c(c1)CCC2)c1ccc(F)c(Nc2ncccc2-c2ccncn2)c1. The van der Waals surface area contributed by atoms with E-state index < -0.39 is 5.82 Å². The largest absolute Gasteiger partial charge is 0.337 e. The number of hydrogen-bond acceptors (Lipinski definition) is 5. The molecular formula is C25H20FN5O. The zero-order valence-electron chi connectivity index (χ0n) is 17.2. The van der Waals surface area contributed by atoms with Gasteiger partial charge in [0, 0.05) is 29.2 Å². The quantitative estimate of drug-likeness (QED) is 0.462. The first kappa shape index (κ1) is 19.8. The molecule has 32 heavy (non-hydrogen) atoms. The fourth-order valence-corrected chi connectivity index (χ4v) is 3.90. The third-order valence-electron chi connectivity index (χ3n) is 5.50. The van der Waals surface area contributed by atoms with Crippen LogP contribution in [0.15, 0.2) is 73.3 Å². The van der Waals surface area contributed by atoms with Gasteiger partial charge in [-0.2, -0.15) is 0 Å². The van der Waals surface area contributed by atoms with Crippen LogP contribution in [0.1, 0.15) is 27.9 Å². The molecule has 0 saturated carbocycles. The van der Waals surface area contributed by atoms with E-state index in [4.69, 9.17) is 0 Å². The van der Waals surface area contributed by atoms with Crippen LogP contribution in [0.2, 0.25) is 0 Å². The lowest BCUT2D eigenvalue weighted by Gasteiger charge is -2.13. The molecule has 2 heterocycles. The number of amides is 1. The molecule has 2 N–H and O–H groups in total. The maximum atomic E-state index is 14.6. The normalized spacial score (nSPS) is 12.3. The molecule has 4 aromatic rings. The molecular weight excluding hydrogens is 405 g/mol. The molecule has 5 rings (SSSR count). The first-order valence-corrected chi connectivity index (χ1v) is 10.4. The van der Waals surface area contributed by atoms with Crippen LogP contribution in [0, 0.1) is 5.82 Å². The smallest absolute Gasteiger partial charge is 0.255 e. The van der Waals surface area contributed by atoms with Gasteiger partial charge >= 0.3 is 0 Å². The van der Waals surface area contributed by atoms with E-state index in [-0.39, 0.29) is 11.6 Å². The van der Waals surface area contributed by atoms with Gasteiger partial charge in [0.15, 0.2) is 0 Å². The van der Waals surface area contributed by atoms with Gasteiger partial charge in [0.05, 0.1) is 11.4 Å². The third-order valence-corrected chi connectivity index (χ3v) is 5.50. The summed E-state index contributed by atoms with van der Waals surface area (Å²) in [6, 6.07) is 15.6. The molecule has 0 saturated heterocycles. The minimum absolute atomic E-state index is 0.153. The Hall–Kier alpha value is -4.13. The minimum atomic E-state index is -0.488. The van der Waals surface area contributed by atoms with Crippen molar-refractivity contribution in [2.24, 2.45) is 0 Å². The second-order valence-electron chi connectivity index (χ2n) is 7.60. The Kier molecular flexibility index (Phi) is 5.29. The average molecular weight is 425 g/mol. The fraction of sp³-hybridized carbons (Fsp3) is 0.120. The summed E-state index contributed by atoms with van der Waals surface area (Å²) in [7, 11) is 0. The van der Waals surface area contributed by atoms with Crippen LogP contribution in [0.4, 0.5) is 21.6 Å². The molecule has 0 spiro atoms. The molecule has 0 bridgehead atoms. The Morgan fingerprint density at radius 2 is 1.84 bits per heavy atom. The molecule has 7 heteroatoms. The summed E-state index contributed by atoms with van der Waals surface area (Å²) >= 11 is 0. The van der Waals surface area contributed by atoms with Gasteiger partial charge in [-0.15, -0.1) is 0 Å². The lowest BCUT2D eigenvalue weighted by molar-refractivity contribution is 0.102. The molecule has 2 aromatic heterocycles. The molecule has 0 fully saturated rings. The van der Waals surface area contributed by atoms with Crippen LogP contribution in [0.25, 0.3) is 11.3 Å². The Morgan fingerprint density at radius 3 is 2.72 bits per heavy atom. The first-order valence-electron chi connectivity index (χ1n) is 10.4. The number of hydrogen-bond donors (Lipinski definition) is 2. The van der Waals surface area contributed by atoms with E-state index in [0.717, 1.165) is 24.9 Å². The summed E-state index contributed by atoms with van der Waals surface area (Å²) in [5.74, 6) is -0.359. The summed E-state index contributed by atoms with van der Waals surface area (Å²) in [5.41, 5.74) is 5.20. The fourth-order valence-electron chi connectivity index (χ4n) is 3.90. The van der Waals surface area contributed by atoms with Crippen molar-refractivity contribution in [1.29, 1.82) is 0 Å². The molecule has 158 valence electrons. The molecule has 1 aliphatic carbocycles. The van der Waals surface area contributed by atoms with Crippen molar-refractivity contribution in [2.45, 2.75) is 19.3 Å². The van der Waals surface area contributed by atoms with Crippen molar-refractivity contribution in [2.75, 3.05) is 10.6 Å². The molecule has 0 atom stereocenters. The lowest BCUT2D eigenvalue weighted by Crippen LogP contribution is -2.13. The van der Waals surface area contributed by atoms with Crippen LogP contribution < -0.4 is 10.6 Å². The predicted octanol–water partition coefficient (Wildman–Crippen LogP) is 5.16. The first-order chi connectivity index (χ1) is 15.7. The van der Waals surface area contributed by atoms with E-state index in [1.165, 1.54) is 35.7 Å². The van der Waals surface area contributed by atoms with Crippen molar-refractivity contribution < 1.29 is 9.18 Å². The Morgan fingerprint density at radius 1 is 0.938 bits per heavy atom. The average Bonchev–Trinajstić information content (AvgIpc) is 3.29. The summed E-state index contributed by atoms with van der Waals surface area (Å²) in [4.78, 5) is 25.3. The number of nitrogens with one attached hydrogen (secondary N) is 2. The molecule has 1 amide bonds.